The molecule has 0 saturated heterocycles. The minimum atomic E-state index is -0.350. The maximum absolute atomic E-state index is 12.5. The molecule has 0 fully saturated rings. The molecule has 0 aliphatic carbocycles. The van der Waals surface area contributed by atoms with Gasteiger partial charge in [-0.15, -0.1) is 0 Å². The summed E-state index contributed by atoms with van der Waals surface area (Å²) in [6.07, 6.45) is 1.73. The average molecular weight is 399 g/mol. The van der Waals surface area contributed by atoms with Crippen molar-refractivity contribution in [3.8, 4) is 23.0 Å². The van der Waals surface area contributed by atoms with Gasteiger partial charge in [-0.05, 0) is 62.7 Å². The molecule has 1 unspecified atom stereocenters. The van der Waals surface area contributed by atoms with E-state index in [0.717, 1.165) is 28.6 Å². The number of amides is 1. The van der Waals surface area contributed by atoms with E-state index in [2.05, 4.69) is 5.32 Å². The number of fused-ring (bicyclic) bond motifs is 1. The fourth-order valence-electron chi connectivity index (χ4n) is 3.45. The second-order valence-electron chi connectivity index (χ2n) is 7.72. The van der Waals surface area contributed by atoms with E-state index in [4.69, 9.17) is 18.9 Å². The fraction of sp³-hybridized carbons (Fsp3) is 0.435. The summed E-state index contributed by atoms with van der Waals surface area (Å²) in [5.74, 6) is 3.08. The molecule has 156 valence electrons. The van der Waals surface area contributed by atoms with E-state index in [1.807, 2.05) is 56.3 Å². The predicted molar refractivity (Wildman–Crippen MR) is 111 cm³/mol. The summed E-state index contributed by atoms with van der Waals surface area (Å²) in [6.45, 7) is 4.54. The van der Waals surface area contributed by atoms with Gasteiger partial charge in [-0.1, -0.05) is 0 Å². The van der Waals surface area contributed by atoms with E-state index in [-0.39, 0.29) is 17.6 Å². The third-order valence-electron chi connectivity index (χ3n) is 4.89. The van der Waals surface area contributed by atoms with Gasteiger partial charge in [0.15, 0.2) is 0 Å². The highest BCUT2D eigenvalue weighted by Gasteiger charge is 2.34. The summed E-state index contributed by atoms with van der Waals surface area (Å²) in [5, 5.41) is 3.15. The average Bonchev–Trinajstić information content (AvgIpc) is 2.70. The number of rotatable bonds is 8. The van der Waals surface area contributed by atoms with Crippen molar-refractivity contribution in [3.63, 3.8) is 0 Å². The summed E-state index contributed by atoms with van der Waals surface area (Å²) >= 11 is 0. The minimum absolute atomic E-state index is 0.000184. The molecular formula is C23H29NO5. The molecule has 1 atom stereocenters. The van der Waals surface area contributed by atoms with E-state index in [1.54, 1.807) is 14.2 Å². The molecule has 6 heteroatoms. The first-order valence-electron chi connectivity index (χ1n) is 9.83. The summed E-state index contributed by atoms with van der Waals surface area (Å²) in [6, 6.07) is 13.0. The standard InChI is InChI=1S/C23H29NO5/c1-23(2)15-20(19-14-18(27-4)11-12-21(19)29-23)24-22(25)6-5-13-28-17-9-7-16(26-3)8-10-17/h7-12,14,20H,5-6,13,15H2,1-4H3,(H,24,25). The molecule has 1 aliphatic rings. The third-order valence-corrected chi connectivity index (χ3v) is 4.89. The number of nitrogens with one attached hydrogen (secondary N) is 1. The monoisotopic (exact) mass is 399 g/mol. The van der Waals surface area contributed by atoms with Crippen molar-refractivity contribution in [1.29, 1.82) is 0 Å². The van der Waals surface area contributed by atoms with Gasteiger partial charge >= 0.3 is 0 Å². The lowest BCUT2D eigenvalue weighted by Crippen LogP contribution is -2.41. The lowest BCUT2D eigenvalue weighted by Gasteiger charge is -2.38. The maximum Gasteiger partial charge on any atom is 0.220 e. The van der Waals surface area contributed by atoms with Gasteiger partial charge in [0.05, 0.1) is 26.9 Å². The first-order valence-corrected chi connectivity index (χ1v) is 9.83. The van der Waals surface area contributed by atoms with Crippen molar-refractivity contribution in [1.82, 2.24) is 5.32 Å². The topological polar surface area (TPSA) is 66.0 Å². The molecule has 1 heterocycles. The molecule has 0 aromatic heterocycles. The van der Waals surface area contributed by atoms with Crippen LogP contribution in [0.25, 0.3) is 0 Å². The predicted octanol–water partition coefficient (Wildman–Crippen LogP) is 4.28. The SMILES string of the molecule is COc1ccc(OCCCC(=O)NC2CC(C)(C)Oc3ccc(OC)cc32)cc1. The Kier molecular flexibility index (Phi) is 6.52. The Morgan fingerprint density at radius 3 is 2.41 bits per heavy atom. The van der Waals surface area contributed by atoms with Crippen molar-refractivity contribution in [2.75, 3.05) is 20.8 Å². The van der Waals surface area contributed by atoms with Crippen LogP contribution in [0.15, 0.2) is 42.5 Å². The minimum Gasteiger partial charge on any atom is -0.497 e. The molecule has 0 saturated carbocycles. The zero-order valence-electron chi connectivity index (χ0n) is 17.5. The highest BCUT2D eigenvalue weighted by atomic mass is 16.5. The lowest BCUT2D eigenvalue weighted by molar-refractivity contribution is -0.122. The first-order chi connectivity index (χ1) is 13.9. The summed E-state index contributed by atoms with van der Waals surface area (Å²) in [4.78, 5) is 12.5. The molecule has 1 N–H and O–H groups in total. The quantitative estimate of drug-likeness (QED) is 0.671. The molecule has 6 nitrogen and oxygen atoms in total. The Hall–Kier alpha value is -2.89. The van der Waals surface area contributed by atoms with Crippen molar-refractivity contribution in [2.45, 2.75) is 44.8 Å². The Morgan fingerprint density at radius 1 is 1.07 bits per heavy atom. The zero-order valence-corrected chi connectivity index (χ0v) is 17.5. The molecular weight excluding hydrogens is 370 g/mol. The van der Waals surface area contributed by atoms with Crippen molar-refractivity contribution in [2.24, 2.45) is 0 Å². The number of carbonyl (C=O) groups excluding carboxylic acids is 1. The highest BCUT2D eigenvalue weighted by molar-refractivity contribution is 5.76. The van der Waals surface area contributed by atoms with E-state index in [0.29, 0.717) is 25.9 Å². The molecule has 0 radical (unpaired) electrons. The Labute approximate surface area is 172 Å². The molecule has 1 aliphatic heterocycles. The van der Waals surface area contributed by atoms with E-state index < -0.39 is 0 Å². The van der Waals surface area contributed by atoms with Gasteiger partial charge in [0, 0.05) is 18.4 Å². The van der Waals surface area contributed by atoms with Crippen LogP contribution in [-0.2, 0) is 4.79 Å². The number of carbonyl (C=O) groups is 1. The maximum atomic E-state index is 12.5. The van der Waals surface area contributed by atoms with Crippen LogP contribution in [0.1, 0.15) is 44.7 Å². The summed E-state index contributed by atoms with van der Waals surface area (Å²) in [5.41, 5.74) is 0.600. The smallest absolute Gasteiger partial charge is 0.220 e. The van der Waals surface area contributed by atoms with E-state index in [9.17, 15) is 4.79 Å². The van der Waals surface area contributed by atoms with Gasteiger partial charge in [-0.3, -0.25) is 4.79 Å². The van der Waals surface area contributed by atoms with Gasteiger partial charge in [-0.2, -0.15) is 0 Å². The second-order valence-corrected chi connectivity index (χ2v) is 7.72. The van der Waals surface area contributed by atoms with Crippen LogP contribution in [0.3, 0.4) is 0 Å². The van der Waals surface area contributed by atoms with Crippen LogP contribution in [-0.4, -0.2) is 32.3 Å². The molecule has 1 amide bonds. The molecule has 0 spiro atoms. The summed E-state index contributed by atoms with van der Waals surface area (Å²) in [7, 11) is 3.26. The number of hydrogen-bond acceptors (Lipinski definition) is 5. The van der Waals surface area contributed by atoms with Gasteiger partial charge in [0.1, 0.15) is 28.6 Å². The fourth-order valence-corrected chi connectivity index (χ4v) is 3.45. The first kappa shape index (κ1) is 20.8. The molecule has 2 aromatic carbocycles. The highest BCUT2D eigenvalue weighted by Crippen LogP contribution is 2.41. The van der Waals surface area contributed by atoms with Gasteiger partial charge in [0.2, 0.25) is 5.91 Å². The van der Waals surface area contributed by atoms with Crippen molar-refractivity contribution < 1.29 is 23.7 Å². The van der Waals surface area contributed by atoms with Crippen molar-refractivity contribution >= 4 is 5.91 Å². The largest absolute Gasteiger partial charge is 0.497 e. The van der Waals surface area contributed by atoms with E-state index in [1.165, 1.54) is 0 Å². The Balaban J connectivity index is 1.53. The Bertz CT molecular complexity index is 832. The van der Waals surface area contributed by atoms with Gasteiger partial charge < -0.3 is 24.3 Å². The zero-order chi connectivity index (χ0) is 20.9. The number of ether oxygens (including phenoxy) is 4. The number of hydrogen-bond donors (Lipinski definition) is 1. The molecule has 29 heavy (non-hydrogen) atoms. The second kappa shape index (κ2) is 9.07. The number of methoxy groups -OCH3 is 2. The van der Waals surface area contributed by atoms with Crippen LogP contribution in [0.5, 0.6) is 23.0 Å². The third kappa shape index (κ3) is 5.56. The summed E-state index contributed by atoms with van der Waals surface area (Å²) < 4.78 is 22.2. The normalized spacial score (nSPS) is 16.9. The molecule has 0 bridgehead atoms. The van der Waals surface area contributed by atoms with E-state index >= 15 is 0 Å². The Morgan fingerprint density at radius 2 is 1.72 bits per heavy atom. The molecule has 2 aromatic rings. The molecule has 3 rings (SSSR count). The van der Waals surface area contributed by atoms with Crippen molar-refractivity contribution in [3.05, 3.63) is 48.0 Å². The van der Waals surface area contributed by atoms with Crippen LogP contribution in [0.4, 0.5) is 0 Å². The lowest BCUT2D eigenvalue weighted by atomic mass is 9.89. The van der Waals surface area contributed by atoms with Crippen LogP contribution in [0, 0.1) is 0 Å². The van der Waals surface area contributed by atoms with Gasteiger partial charge in [-0.25, -0.2) is 0 Å². The van der Waals surface area contributed by atoms with Gasteiger partial charge in [0.25, 0.3) is 0 Å². The number of benzene rings is 2. The van der Waals surface area contributed by atoms with Crippen LogP contribution < -0.4 is 24.3 Å². The van der Waals surface area contributed by atoms with Crippen LogP contribution in [0.2, 0.25) is 0 Å². The van der Waals surface area contributed by atoms with Crippen LogP contribution >= 0.6 is 0 Å².